The van der Waals surface area contributed by atoms with Crippen LogP contribution in [0.2, 0.25) is 5.02 Å². The molecule has 0 spiro atoms. The predicted octanol–water partition coefficient (Wildman–Crippen LogP) is 6.38. The number of sulfonamides is 1. The van der Waals surface area contributed by atoms with Gasteiger partial charge in [-0.15, -0.1) is 0 Å². The SMILES string of the molecule is CCOC(=O)C1=CCCCC1S(=O)(=O)N(c1ccc(F)cc1Cl)C(CC)OC(=O)N1CCC(CC(=O)OCc2ccccc2)CC1. The lowest BCUT2D eigenvalue weighted by atomic mass is 9.94. The van der Waals surface area contributed by atoms with E-state index in [0.29, 0.717) is 38.8 Å². The van der Waals surface area contributed by atoms with Crippen LogP contribution in [0.1, 0.15) is 64.4 Å². The highest BCUT2D eigenvalue weighted by molar-refractivity contribution is 7.93. The molecule has 0 saturated carbocycles. The Morgan fingerprint density at radius 1 is 1.04 bits per heavy atom. The third kappa shape index (κ3) is 8.79. The number of halogens is 2. The van der Waals surface area contributed by atoms with Crippen LogP contribution in [0.3, 0.4) is 0 Å². The Hall–Kier alpha value is -3.64. The van der Waals surface area contributed by atoms with Gasteiger partial charge < -0.3 is 19.1 Å². The number of nitrogens with zero attached hydrogens (tertiary/aromatic N) is 2. The fourth-order valence-electron chi connectivity index (χ4n) is 5.68. The van der Waals surface area contributed by atoms with Crippen molar-refractivity contribution in [3.63, 3.8) is 0 Å². The van der Waals surface area contributed by atoms with Gasteiger partial charge >= 0.3 is 18.0 Å². The average molecular weight is 679 g/mol. The van der Waals surface area contributed by atoms with E-state index in [9.17, 15) is 27.2 Å². The van der Waals surface area contributed by atoms with Gasteiger partial charge in [0.1, 0.15) is 17.7 Å². The second kappa shape index (κ2) is 16.3. The highest BCUT2D eigenvalue weighted by Crippen LogP contribution is 2.37. The van der Waals surface area contributed by atoms with Crippen LogP contribution in [0.15, 0.2) is 60.2 Å². The Kier molecular flexibility index (Phi) is 12.5. The molecule has 2 atom stereocenters. The molecule has 1 fully saturated rings. The second-order valence-corrected chi connectivity index (χ2v) is 13.7. The zero-order valence-corrected chi connectivity index (χ0v) is 27.6. The minimum atomic E-state index is -4.45. The van der Waals surface area contributed by atoms with Gasteiger partial charge in [-0.1, -0.05) is 54.9 Å². The smallest absolute Gasteiger partial charge is 0.411 e. The molecule has 10 nitrogen and oxygen atoms in total. The van der Waals surface area contributed by atoms with Gasteiger partial charge in [0.05, 0.1) is 22.9 Å². The van der Waals surface area contributed by atoms with Gasteiger partial charge in [-0.3, -0.25) is 4.79 Å². The van der Waals surface area contributed by atoms with Gasteiger partial charge in [-0.25, -0.2) is 26.7 Å². The Balaban J connectivity index is 1.47. The fourth-order valence-corrected chi connectivity index (χ4v) is 8.19. The highest BCUT2D eigenvalue weighted by atomic mass is 35.5. The van der Waals surface area contributed by atoms with Crippen LogP contribution in [-0.2, 0) is 40.4 Å². The van der Waals surface area contributed by atoms with Crippen LogP contribution in [0.25, 0.3) is 0 Å². The molecule has 1 aliphatic heterocycles. The number of rotatable bonds is 12. The van der Waals surface area contributed by atoms with E-state index in [1.165, 1.54) is 11.0 Å². The molecule has 0 N–H and O–H groups in total. The number of ether oxygens (including phenoxy) is 3. The molecule has 2 aliphatic rings. The second-order valence-electron chi connectivity index (χ2n) is 11.3. The Labute approximate surface area is 274 Å². The molecule has 0 radical (unpaired) electrons. The predicted molar refractivity (Wildman–Crippen MR) is 171 cm³/mol. The van der Waals surface area contributed by atoms with E-state index in [2.05, 4.69) is 0 Å². The number of amides is 1. The summed E-state index contributed by atoms with van der Waals surface area (Å²) in [6.07, 6.45) is 1.94. The Morgan fingerprint density at radius 3 is 2.41 bits per heavy atom. The molecule has 4 rings (SSSR count). The summed E-state index contributed by atoms with van der Waals surface area (Å²) in [5.74, 6) is -1.71. The summed E-state index contributed by atoms with van der Waals surface area (Å²) >= 11 is 6.38. The summed E-state index contributed by atoms with van der Waals surface area (Å²) in [4.78, 5) is 40.1. The lowest BCUT2D eigenvalue weighted by molar-refractivity contribution is -0.146. The van der Waals surface area contributed by atoms with Gasteiger partial charge in [0.2, 0.25) is 10.0 Å². The molecule has 250 valence electrons. The monoisotopic (exact) mass is 678 g/mol. The number of allylic oxidation sites excluding steroid dienone is 1. The molecule has 2 unspecified atom stereocenters. The number of benzene rings is 2. The third-order valence-electron chi connectivity index (χ3n) is 8.09. The number of hydrogen-bond acceptors (Lipinski definition) is 8. The van der Waals surface area contributed by atoms with Gasteiger partial charge in [0.15, 0.2) is 6.23 Å². The summed E-state index contributed by atoms with van der Waals surface area (Å²) in [6.45, 7) is 4.13. The normalized spacial score (nSPS) is 17.9. The number of esters is 2. The number of hydrogen-bond donors (Lipinski definition) is 0. The van der Waals surface area contributed by atoms with Crippen molar-refractivity contribution in [2.75, 3.05) is 24.0 Å². The van der Waals surface area contributed by atoms with Crippen molar-refractivity contribution >= 4 is 45.3 Å². The molecular formula is C33H40ClFN2O8S. The van der Waals surface area contributed by atoms with Crippen LogP contribution >= 0.6 is 11.6 Å². The lowest BCUT2D eigenvalue weighted by Gasteiger charge is -2.38. The van der Waals surface area contributed by atoms with Gasteiger partial charge in [0, 0.05) is 25.9 Å². The molecule has 1 aliphatic carbocycles. The maximum atomic E-state index is 14.4. The standard InChI is InChI=1S/C33H40ClFN2O8S/c1-3-30(45-33(40)36-18-16-23(17-19-36)20-31(38)44-22-24-10-6-5-7-11-24)37(28-15-14-25(35)21-27(28)34)46(41,42)29-13-9-8-12-26(29)32(39)43-4-2/h5-7,10-12,14-15,21,23,29-30H,3-4,8-9,13,16-20,22H2,1-2H3. The first kappa shape index (κ1) is 35.2. The minimum Gasteiger partial charge on any atom is -0.463 e. The molecule has 1 amide bonds. The van der Waals surface area contributed by atoms with Crippen molar-refractivity contribution in [2.45, 2.75) is 76.9 Å². The van der Waals surface area contributed by atoms with Gasteiger partial charge in [-0.2, -0.15) is 0 Å². The van der Waals surface area contributed by atoms with E-state index in [4.69, 9.17) is 25.8 Å². The van der Waals surface area contributed by atoms with Crippen molar-refractivity contribution in [1.29, 1.82) is 0 Å². The quantitative estimate of drug-likeness (QED) is 0.144. The number of carbonyl (C=O) groups excluding carboxylic acids is 3. The summed E-state index contributed by atoms with van der Waals surface area (Å²) in [7, 11) is -4.45. The zero-order chi connectivity index (χ0) is 33.3. The van der Waals surface area contributed by atoms with Crippen molar-refractivity contribution < 1.29 is 41.4 Å². The lowest BCUT2D eigenvalue weighted by Crippen LogP contribution is -2.51. The van der Waals surface area contributed by atoms with Crippen molar-refractivity contribution in [2.24, 2.45) is 5.92 Å². The van der Waals surface area contributed by atoms with Gasteiger partial charge in [-0.05, 0) is 68.7 Å². The van der Waals surface area contributed by atoms with Crippen molar-refractivity contribution in [3.05, 3.63) is 76.6 Å². The first-order chi connectivity index (χ1) is 22.0. The van der Waals surface area contributed by atoms with E-state index in [1.807, 2.05) is 30.3 Å². The third-order valence-corrected chi connectivity index (χ3v) is 10.6. The minimum absolute atomic E-state index is 0.00174. The van der Waals surface area contributed by atoms with Crippen LogP contribution in [0.5, 0.6) is 0 Å². The molecule has 13 heteroatoms. The molecule has 2 aromatic carbocycles. The molecule has 2 aromatic rings. The fraction of sp³-hybridized carbons (Fsp3) is 0.485. The Bertz CT molecular complexity index is 1510. The first-order valence-corrected chi connectivity index (χ1v) is 17.4. The molecule has 0 aromatic heterocycles. The summed E-state index contributed by atoms with van der Waals surface area (Å²) in [6, 6.07) is 12.6. The molecule has 46 heavy (non-hydrogen) atoms. The van der Waals surface area contributed by atoms with E-state index in [0.717, 1.165) is 22.0 Å². The Morgan fingerprint density at radius 2 is 1.76 bits per heavy atom. The number of piperidine rings is 1. The average Bonchev–Trinajstić information content (AvgIpc) is 3.05. The van der Waals surface area contributed by atoms with E-state index >= 15 is 0 Å². The molecule has 1 saturated heterocycles. The maximum Gasteiger partial charge on any atom is 0.411 e. The summed E-state index contributed by atoms with van der Waals surface area (Å²) < 4.78 is 60.0. The number of likely N-dealkylation sites (tertiary alicyclic amines) is 1. The van der Waals surface area contributed by atoms with Crippen molar-refractivity contribution in [1.82, 2.24) is 4.90 Å². The molecule has 1 heterocycles. The van der Waals surface area contributed by atoms with Crippen LogP contribution in [-0.4, -0.2) is 62.5 Å². The van der Waals surface area contributed by atoms with E-state index in [-0.39, 0.29) is 60.6 Å². The van der Waals surface area contributed by atoms with Crippen LogP contribution in [0, 0.1) is 11.7 Å². The van der Waals surface area contributed by atoms with E-state index in [1.54, 1.807) is 19.9 Å². The van der Waals surface area contributed by atoms with Gasteiger partial charge in [0.25, 0.3) is 0 Å². The topological polar surface area (TPSA) is 120 Å². The number of anilines is 1. The highest BCUT2D eigenvalue weighted by Gasteiger charge is 2.44. The zero-order valence-electron chi connectivity index (χ0n) is 26.0. The largest absolute Gasteiger partial charge is 0.463 e. The van der Waals surface area contributed by atoms with Crippen LogP contribution < -0.4 is 4.31 Å². The molecular weight excluding hydrogens is 639 g/mol. The van der Waals surface area contributed by atoms with E-state index < -0.39 is 39.4 Å². The first-order valence-electron chi connectivity index (χ1n) is 15.6. The summed E-state index contributed by atoms with van der Waals surface area (Å²) in [5, 5.41) is -1.48. The summed E-state index contributed by atoms with van der Waals surface area (Å²) in [5.41, 5.74) is 0.819. The molecule has 0 bridgehead atoms. The maximum absolute atomic E-state index is 14.4. The number of carbonyl (C=O) groups is 3. The van der Waals surface area contributed by atoms with Crippen molar-refractivity contribution in [3.8, 4) is 0 Å². The van der Waals surface area contributed by atoms with Crippen LogP contribution in [0.4, 0.5) is 14.9 Å².